The van der Waals surface area contributed by atoms with Gasteiger partial charge in [-0.2, -0.15) is 13.2 Å². The molecule has 1 amide bonds. The number of rotatable bonds is 16. The summed E-state index contributed by atoms with van der Waals surface area (Å²) in [6, 6.07) is 26.0. The number of amides is 1. The van der Waals surface area contributed by atoms with Crippen LogP contribution in [0.3, 0.4) is 0 Å². The van der Waals surface area contributed by atoms with Crippen molar-refractivity contribution in [3.63, 3.8) is 0 Å². The second-order valence-electron chi connectivity index (χ2n) is 17.9. The van der Waals surface area contributed by atoms with E-state index in [2.05, 4.69) is 46.0 Å². The third kappa shape index (κ3) is 12.8. The van der Waals surface area contributed by atoms with Crippen LogP contribution in [0, 0.1) is 11.3 Å². The van der Waals surface area contributed by atoms with Crippen LogP contribution in [0.25, 0.3) is 0 Å². The number of carbonyl (C=O) groups is 1. The first-order valence-electron chi connectivity index (χ1n) is 22.0. The second-order valence-corrected chi connectivity index (χ2v) is 23.0. The van der Waals surface area contributed by atoms with E-state index in [-0.39, 0.29) is 11.0 Å². The number of nitrogens with zero attached hydrogens (tertiary/aromatic N) is 3. The van der Waals surface area contributed by atoms with Gasteiger partial charge in [-0.05, 0) is 115 Å². The van der Waals surface area contributed by atoms with Gasteiger partial charge in [0, 0.05) is 85.3 Å². The van der Waals surface area contributed by atoms with Gasteiger partial charge in [0.15, 0.2) is 0 Å². The maximum atomic E-state index is 14.2. The van der Waals surface area contributed by atoms with Crippen molar-refractivity contribution in [2.24, 2.45) is 11.3 Å². The van der Waals surface area contributed by atoms with Crippen molar-refractivity contribution in [2.45, 2.75) is 71.7 Å². The molecule has 3 fully saturated rings. The minimum absolute atomic E-state index is 0.00423. The van der Waals surface area contributed by atoms with E-state index >= 15 is 0 Å². The number of sulfonamides is 1. The summed E-state index contributed by atoms with van der Waals surface area (Å²) in [5, 5.41) is 3.73. The van der Waals surface area contributed by atoms with Crippen LogP contribution < -0.4 is 14.9 Å². The number of hydrogen-bond donors (Lipinski definition) is 2. The fourth-order valence-corrected chi connectivity index (χ4v) is 12.2. The molecule has 4 aromatic rings. The zero-order valence-corrected chi connectivity index (χ0v) is 39.8. The van der Waals surface area contributed by atoms with Crippen LogP contribution in [-0.4, -0.2) is 115 Å². The quantitative estimate of drug-likeness (QED) is 0.105. The predicted octanol–water partition coefficient (Wildman–Crippen LogP) is 8.78. The molecule has 0 unspecified atom stereocenters. The molecule has 2 N–H and O–H groups in total. The molecular weight excluding hydrogens is 919 g/mol. The lowest BCUT2D eigenvalue weighted by atomic mass is 9.65. The van der Waals surface area contributed by atoms with Gasteiger partial charge in [-0.1, -0.05) is 55.8 Å². The highest BCUT2D eigenvalue weighted by Crippen LogP contribution is 2.47. The fourth-order valence-electron chi connectivity index (χ4n) is 9.09. The van der Waals surface area contributed by atoms with Gasteiger partial charge in [0.1, 0.15) is 4.90 Å². The monoisotopic (exact) mass is 975 g/mol. The van der Waals surface area contributed by atoms with E-state index < -0.39 is 52.8 Å². The summed E-state index contributed by atoms with van der Waals surface area (Å²) in [6.45, 7) is 11.9. The molecule has 0 radical (unpaired) electrons. The third-order valence-corrected chi connectivity index (χ3v) is 17.0. The number of benzene rings is 4. The number of carbonyl (C=O) groups excluding carboxylic acids is 1. The molecule has 0 bridgehead atoms. The van der Waals surface area contributed by atoms with Crippen molar-refractivity contribution in [1.82, 2.24) is 14.5 Å². The molecule has 2 saturated heterocycles. The van der Waals surface area contributed by atoms with Gasteiger partial charge < -0.3 is 15.0 Å². The maximum Gasteiger partial charge on any atom is 0.501 e. The van der Waals surface area contributed by atoms with Gasteiger partial charge >= 0.3 is 5.51 Å². The standard InChI is InChI=1S/C47H57ClF3N5O6S3/c1-46(2)20-18-42(34-8-12-37(48)13-9-34)36(31-46)32-55-22-24-56(25-23-55)39-14-10-35(11-15-39)45(57)53-65(60,61)41-16-17-43(44(30-41)64(58,59)47(49,50)51)52-38(19-21-54-26-28-62-29-27-54)33-63-40-6-4-3-5-7-40/h3-17,30,36,38,42,52H,18-29,31-33H2,1-2H3,(H,53,57)/t36-,38+,42-/m0/s1. The highest BCUT2D eigenvalue weighted by molar-refractivity contribution is 7.99. The molecule has 2 heterocycles. The lowest BCUT2D eigenvalue weighted by Gasteiger charge is -2.45. The number of nitrogens with one attached hydrogen (secondary N) is 2. The van der Waals surface area contributed by atoms with Crippen LogP contribution in [0.4, 0.5) is 24.5 Å². The topological polar surface area (TPSA) is 128 Å². The van der Waals surface area contributed by atoms with Crippen LogP contribution in [0.1, 0.15) is 61.4 Å². The molecule has 352 valence electrons. The summed E-state index contributed by atoms with van der Waals surface area (Å²) < 4.78 is 103. The fraction of sp³-hybridized carbons (Fsp3) is 0.468. The Morgan fingerprint density at radius 1 is 0.877 bits per heavy atom. The molecule has 7 rings (SSSR count). The lowest BCUT2D eigenvalue weighted by Crippen LogP contribution is -2.49. The van der Waals surface area contributed by atoms with E-state index in [1.807, 2.05) is 47.2 Å². The Labute approximate surface area is 390 Å². The first kappa shape index (κ1) is 49.1. The number of halogens is 4. The van der Waals surface area contributed by atoms with Crippen molar-refractivity contribution in [3.05, 3.63) is 113 Å². The molecule has 11 nitrogen and oxygen atoms in total. The van der Waals surface area contributed by atoms with E-state index in [1.54, 1.807) is 12.1 Å². The molecule has 0 aromatic heterocycles. The molecule has 3 atom stereocenters. The normalized spacial score (nSPS) is 20.6. The van der Waals surface area contributed by atoms with Gasteiger partial charge in [-0.3, -0.25) is 14.6 Å². The van der Waals surface area contributed by atoms with Gasteiger partial charge in [0.25, 0.3) is 25.8 Å². The number of anilines is 2. The van der Waals surface area contributed by atoms with Gasteiger partial charge in [-0.15, -0.1) is 11.8 Å². The van der Waals surface area contributed by atoms with Crippen LogP contribution in [-0.2, 0) is 24.6 Å². The molecule has 1 saturated carbocycles. The van der Waals surface area contributed by atoms with Crippen LogP contribution >= 0.6 is 23.4 Å². The third-order valence-electron chi connectivity index (χ3n) is 12.7. The SMILES string of the molecule is CC1(C)CC[C@@H](c2ccc(Cl)cc2)[C@H](CN2CCN(c3ccc(C(=O)NS(=O)(=O)c4ccc(N[C@H](CCN5CCOCC5)CSc5ccccc5)c(S(=O)(=O)C(F)(F)F)c4)cc3)CC2)C1. The first-order valence-corrected chi connectivity index (χ1v) is 26.3. The summed E-state index contributed by atoms with van der Waals surface area (Å²) in [6.07, 6.45) is 3.90. The van der Waals surface area contributed by atoms with Crippen LogP contribution in [0.5, 0.6) is 0 Å². The zero-order valence-electron chi connectivity index (χ0n) is 36.6. The van der Waals surface area contributed by atoms with Crippen molar-refractivity contribution >= 4 is 60.5 Å². The van der Waals surface area contributed by atoms with Crippen molar-refractivity contribution in [1.29, 1.82) is 0 Å². The Hall–Kier alpha value is -3.84. The van der Waals surface area contributed by atoms with E-state index in [4.69, 9.17) is 16.3 Å². The van der Waals surface area contributed by atoms with E-state index in [0.29, 0.717) is 62.9 Å². The molecule has 0 spiro atoms. The van der Waals surface area contributed by atoms with Gasteiger partial charge in [0.05, 0.1) is 23.8 Å². The van der Waals surface area contributed by atoms with Gasteiger partial charge in [-0.25, -0.2) is 21.6 Å². The highest BCUT2D eigenvalue weighted by atomic mass is 35.5. The molecular formula is C47H57ClF3N5O6S3. The Kier molecular flexibility index (Phi) is 15.8. The number of piperazine rings is 1. The van der Waals surface area contributed by atoms with Crippen molar-refractivity contribution < 1.29 is 39.5 Å². The Balaban J connectivity index is 1.01. The van der Waals surface area contributed by atoms with Crippen molar-refractivity contribution in [3.8, 4) is 0 Å². The number of thioether (sulfide) groups is 1. The average Bonchev–Trinajstić information content (AvgIpc) is 3.28. The number of sulfone groups is 1. The minimum atomic E-state index is -6.05. The smallest absolute Gasteiger partial charge is 0.380 e. The summed E-state index contributed by atoms with van der Waals surface area (Å²) in [7, 11) is -10.9. The van der Waals surface area contributed by atoms with Crippen LogP contribution in [0.15, 0.2) is 112 Å². The minimum Gasteiger partial charge on any atom is -0.380 e. The van der Waals surface area contributed by atoms with Crippen LogP contribution in [0.2, 0.25) is 5.02 Å². The molecule has 18 heteroatoms. The largest absolute Gasteiger partial charge is 0.501 e. The lowest BCUT2D eigenvalue weighted by molar-refractivity contribution is -0.0435. The molecule has 4 aromatic carbocycles. The Bertz CT molecular complexity index is 2450. The van der Waals surface area contributed by atoms with E-state index in [0.717, 1.165) is 73.3 Å². The zero-order chi connectivity index (χ0) is 46.4. The number of alkyl halides is 3. The molecule has 2 aliphatic heterocycles. The molecule has 65 heavy (non-hydrogen) atoms. The first-order chi connectivity index (χ1) is 30.9. The number of morpholine rings is 1. The molecule has 3 aliphatic rings. The summed E-state index contributed by atoms with van der Waals surface area (Å²) in [4.78, 5) is 19.1. The Morgan fingerprint density at radius 3 is 2.22 bits per heavy atom. The maximum absolute atomic E-state index is 14.2. The highest BCUT2D eigenvalue weighted by Gasteiger charge is 2.48. The van der Waals surface area contributed by atoms with E-state index in [9.17, 15) is 34.8 Å². The molecule has 1 aliphatic carbocycles. The van der Waals surface area contributed by atoms with Gasteiger partial charge in [0.2, 0.25) is 0 Å². The summed E-state index contributed by atoms with van der Waals surface area (Å²) in [5.74, 6) is 0.329. The second kappa shape index (κ2) is 21.0. The van der Waals surface area contributed by atoms with E-state index in [1.165, 1.54) is 35.9 Å². The summed E-state index contributed by atoms with van der Waals surface area (Å²) in [5.41, 5.74) is -3.66. The number of ether oxygens (including phenoxy) is 1. The van der Waals surface area contributed by atoms with Crippen molar-refractivity contribution in [2.75, 3.05) is 81.5 Å². The number of hydrogen-bond acceptors (Lipinski definition) is 11. The average molecular weight is 977 g/mol. The summed E-state index contributed by atoms with van der Waals surface area (Å²) >= 11 is 7.65. The predicted molar refractivity (Wildman–Crippen MR) is 251 cm³/mol. The Morgan fingerprint density at radius 2 is 1.55 bits per heavy atom.